The molecule has 0 radical (unpaired) electrons. The van der Waals surface area contributed by atoms with Crippen molar-refractivity contribution in [3.63, 3.8) is 0 Å². The van der Waals surface area contributed by atoms with Crippen LogP contribution < -0.4 is 10.1 Å². The molecule has 1 saturated heterocycles. The number of aliphatic hydroxyl groups is 1. The van der Waals surface area contributed by atoms with E-state index in [1.54, 1.807) is 0 Å². The van der Waals surface area contributed by atoms with E-state index in [9.17, 15) is 23.1 Å². The number of rotatable bonds is 11. The third kappa shape index (κ3) is 8.30. The molecule has 216 valence electrons. The number of β-amino-alcohol motifs (C(OH)–C–C–N with tert-alkyl or cyclic N) is 1. The third-order valence-corrected chi connectivity index (χ3v) is 6.77. The minimum Gasteiger partial charge on any atom is -0.491 e. The van der Waals surface area contributed by atoms with E-state index in [0.717, 1.165) is 29.2 Å². The van der Waals surface area contributed by atoms with Crippen LogP contribution in [0.3, 0.4) is 0 Å². The summed E-state index contributed by atoms with van der Waals surface area (Å²) < 4.78 is 45.4. The summed E-state index contributed by atoms with van der Waals surface area (Å²) in [7, 11) is 0. The van der Waals surface area contributed by atoms with Gasteiger partial charge in [0.2, 0.25) is 5.91 Å². The Morgan fingerprint density at radius 3 is 2.30 bits per heavy atom. The van der Waals surface area contributed by atoms with Gasteiger partial charge in [0.25, 0.3) is 0 Å². The fraction of sp³-hybridized carbons (Fsp3) is 0.448. The van der Waals surface area contributed by atoms with Gasteiger partial charge in [-0.3, -0.25) is 14.6 Å². The van der Waals surface area contributed by atoms with E-state index < -0.39 is 17.8 Å². The second kappa shape index (κ2) is 13.3. The number of carbonyl (C=O) groups excluding carboxylic acids is 1. The number of aliphatic hydroxyl groups excluding tert-OH is 1. The molecule has 40 heavy (non-hydrogen) atoms. The number of amides is 1. The number of nitrogens with zero attached hydrogens (tertiary/aromatic N) is 4. The number of halogens is 3. The zero-order chi connectivity index (χ0) is 28.7. The first-order chi connectivity index (χ1) is 19.1. The van der Waals surface area contributed by atoms with E-state index in [1.165, 1.54) is 12.1 Å². The number of hydrogen-bond acceptors (Lipinski definition) is 6. The van der Waals surface area contributed by atoms with Crippen LogP contribution in [0.25, 0.3) is 5.69 Å². The van der Waals surface area contributed by atoms with Crippen LogP contribution >= 0.6 is 0 Å². The van der Waals surface area contributed by atoms with Crippen LogP contribution in [0.4, 0.5) is 13.2 Å². The van der Waals surface area contributed by atoms with E-state index >= 15 is 0 Å². The molecule has 0 unspecified atom stereocenters. The molecule has 2 N–H and O–H groups in total. The molecule has 1 fully saturated rings. The van der Waals surface area contributed by atoms with Gasteiger partial charge in [-0.1, -0.05) is 32.0 Å². The number of para-hydroxylation sites is 1. The van der Waals surface area contributed by atoms with Crippen molar-refractivity contribution in [2.75, 3.05) is 45.9 Å². The smallest absolute Gasteiger partial charge is 0.416 e. The summed E-state index contributed by atoms with van der Waals surface area (Å²) in [5, 5.41) is 18.0. The molecule has 2 aromatic carbocycles. The van der Waals surface area contributed by atoms with Gasteiger partial charge < -0.3 is 15.2 Å². The van der Waals surface area contributed by atoms with Crippen molar-refractivity contribution in [1.82, 2.24) is 24.9 Å². The first-order valence-electron chi connectivity index (χ1n) is 13.4. The Labute approximate surface area is 232 Å². The van der Waals surface area contributed by atoms with Crippen molar-refractivity contribution in [1.29, 1.82) is 0 Å². The summed E-state index contributed by atoms with van der Waals surface area (Å²) in [5.41, 5.74) is 2.13. The zero-order valence-electron chi connectivity index (χ0n) is 22.8. The number of alkyl halides is 3. The maximum atomic E-state index is 12.7. The van der Waals surface area contributed by atoms with Crippen molar-refractivity contribution < 1.29 is 27.8 Å². The van der Waals surface area contributed by atoms with Crippen molar-refractivity contribution in [3.05, 3.63) is 77.6 Å². The van der Waals surface area contributed by atoms with Gasteiger partial charge in [0.05, 0.1) is 30.0 Å². The van der Waals surface area contributed by atoms with Gasteiger partial charge in [0.15, 0.2) is 0 Å². The number of carbonyl (C=O) groups is 1. The number of hydrogen-bond donors (Lipinski definition) is 2. The zero-order valence-corrected chi connectivity index (χ0v) is 22.8. The van der Waals surface area contributed by atoms with E-state index in [4.69, 9.17) is 9.84 Å². The maximum Gasteiger partial charge on any atom is 0.416 e. The van der Waals surface area contributed by atoms with Gasteiger partial charge in [-0.25, -0.2) is 4.68 Å². The second-order valence-electron chi connectivity index (χ2n) is 10.3. The van der Waals surface area contributed by atoms with Gasteiger partial charge in [0.1, 0.15) is 18.5 Å². The first-order valence-corrected chi connectivity index (χ1v) is 13.4. The Morgan fingerprint density at radius 2 is 1.68 bits per heavy atom. The largest absolute Gasteiger partial charge is 0.491 e. The van der Waals surface area contributed by atoms with Crippen molar-refractivity contribution in [2.24, 2.45) is 0 Å². The fourth-order valence-corrected chi connectivity index (χ4v) is 4.58. The van der Waals surface area contributed by atoms with Gasteiger partial charge in [-0.05, 0) is 48.4 Å². The Kier molecular flexibility index (Phi) is 9.83. The standard InChI is InChI=1S/C29H36F3N5O3/c1-21(2)27-16-23(34-37(27)24-6-4-3-5-7-24)17-33-28(39)19-36-14-12-35(13-15-36)18-25(38)20-40-26-10-8-22(9-11-26)29(30,31)32/h3-11,16,21,25,38H,12-15,17-20H2,1-2H3,(H,33,39)/t25-/m0/s1. The quantitative estimate of drug-likeness (QED) is 0.373. The van der Waals surface area contributed by atoms with Crippen LogP contribution in [0, 0.1) is 0 Å². The fourth-order valence-electron chi connectivity index (χ4n) is 4.58. The molecule has 11 heteroatoms. The maximum absolute atomic E-state index is 12.7. The molecule has 0 aliphatic carbocycles. The van der Waals surface area contributed by atoms with Crippen LogP contribution in [-0.4, -0.2) is 82.6 Å². The molecule has 2 heterocycles. The van der Waals surface area contributed by atoms with Crippen molar-refractivity contribution >= 4 is 5.91 Å². The normalized spacial score (nSPS) is 15.8. The predicted octanol–water partition coefficient (Wildman–Crippen LogP) is 3.69. The summed E-state index contributed by atoms with van der Waals surface area (Å²) in [6, 6.07) is 16.4. The molecule has 1 aromatic heterocycles. The van der Waals surface area contributed by atoms with Crippen LogP contribution in [0.15, 0.2) is 60.7 Å². The molecule has 0 saturated carbocycles. The number of nitrogens with one attached hydrogen (secondary N) is 1. The highest BCUT2D eigenvalue weighted by atomic mass is 19.4. The van der Waals surface area contributed by atoms with E-state index in [0.29, 0.717) is 39.3 Å². The van der Waals surface area contributed by atoms with E-state index in [1.807, 2.05) is 41.1 Å². The highest BCUT2D eigenvalue weighted by Crippen LogP contribution is 2.30. The molecule has 1 amide bonds. The summed E-state index contributed by atoms with van der Waals surface area (Å²) >= 11 is 0. The Bertz CT molecular complexity index is 1220. The van der Waals surface area contributed by atoms with Crippen LogP contribution in [0.2, 0.25) is 0 Å². The molecular formula is C29H36F3N5O3. The van der Waals surface area contributed by atoms with Gasteiger partial charge in [-0.15, -0.1) is 0 Å². The first kappa shape index (κ1) is 29.6. The van der Waals surface area contributed by atoms with Gasteiger partial charge in [-0.2, -0.15) is 18.3 Å². The number of benzene rings is 2. The Balaban J connectivity index is 1.16. The third-order valence-electron chi connectivity index (χ3n) is 6.77. The molecule has 0 spiro atoms. The lowest BCUT2D eigenvalue weighted by Gasteiger charge is -2.35. The van der Waals surface area contributed by atoms with E-state index in [2.05, 4.69) is 29.0 Å². The lowest BCUT2D eigenvalue weighted by Crippen LogP contribution is -2.51. The molecule has 1 atom stereocenters. The summed E-state index contributed by atoms with van der Waals surface area (Å²) in [6.07, 6.45) is -5.19. The Morgan fingerprint density at radius 1 is 1.02 bits per heavy atom. The molecule has 0 bridgehead atoms. The lowest BCUT2D eigenvalue weighted by molar-refractivity contribution is -0.137. The highest BCUT2D eigenvalue weighted by molar-refractivity contribution is 5.78. The molecule has 1 aliphatic heterocycles. The van der Waals surface area contributed by atoms with Crippen LogP contribution in [0.1, 0.15) is 36.7 Å². The number of aromatic nitrogens is 2. The molecule has 1 aliphatic rings. The predicted molar refractivity (Wildman–Crippen MR) is 145 cm³/mol. The average molecular weight is 560 g/mol. The number of ether oxygens (including phenoxy) is 1. The van der Waals surface area contributed by atoms with Crippen LogP contribution in [-0.2, 0) is 17.5 Å². The summed E-state index contributed by atoms with van der Waals surface area (Å²) in [4.78, 5) is 16.8. The summed E-state index contributed by atoms with van der Waals surface area (Å²) in [5.74, 6) is 0.484. The van der Waals surface area contributed by atoms with E-state index in [-0.39, 0.29) is 30.7 Å². The minimum absolute atomic E-state index is 0.0213. The summed E-state index contributed by atoms with van der Waals surface area (Å²) in [6.45, 7) is 7.95. The second-order valence-corrected chi connectivity index (χ2v) is 10.3. The highest BCUT2D eigenvalue weighted by Gasteiger charge is 2.30. The lowest BCUT2D eigenvalue weighted by atomic mass is 10.1. The Hall–Kier alpha value is -3.41. The molecule has 3 aromatic rings. The van der Waals surface area contributed by atoms with Gasteiger partial charge >= 0.3 is 6.18 Å². The molecule has 4 rings (SSSR count). The number of piperazine rings is 1. The topological polar surface area (TPSA) is 82.9 Å². The van der Waals surface area contributed by atoms with Gasteiger partial charge in [0, 0.05) is 38.4 Å². The molecule has 8 nitrogen and oxygen atoms in total. The SMILES string of the molecule is CC(C)c1cc(CNC(=O)CN2CCN(C[C@H](O)COc3ccc(C(F)(F)F)cc3)CC2)nn1-c1ccccc1. The van der Waals surface area contributed by atoms with Crippen molar-refractivity contribution in [2.45, 2.75) is 38.6 Å². The van der Waals surface area contributed by atoms with Crippen molar-refractivity contribution in [3.8, 4) is 11.4 Å². The van der Waals surface area contributed by atoms with Crippen LogP contribution in [0.5, 0.6) is 5.75 Å². The molecular weight excluding hydrogens is 523 g/mol. The average Bonchev–Trinajstić information content (AvgIpc) is 3.37. The monoisotopic (exact) mass is 559 g/mol. The minimum atomic E-state index is -4.40.